The number of nitrogens with one attached hydrogen (secondary N) is 1. The van der Waals surface area contributed by atoms with Gasteiger partial charge in [-0.25, -0.2) is 0 Å². The SMILES string of the molecule is CC/C=C/C=C/C=C\CCCCCCC(O)C(=O)NC(COC1OC(CO)C(O)C(O)C1OC(=O)CCCCCCCCC/C=C\CCCCCC)C(O)/C=C/CCCCCCCCCCCCC. The summed E-state index contributed by atoms with van der Waals surface area (Å²) in [4.78, 5) is 26.4. The lowest BCUT2D eigenvalue weighted by atomic mass is 9.99. The van der Waals surface area contributed by atoms with Gasteiger partial charge in [0.05, 0.1) is 25.4 Å². The number of aliphatic hydroxyl groups is 5. The van der Waals surface area contributed by atoms with E-state index in [1.54, 1.807) is 6.08 Å². The van der Waals surface area contributed by atoms with Crippen LogP contribution in [0.1, 0.15) is 233 Å². The molecule has 1 rings (SSSR count). The fraction of sp³-hybridized carbons (Fsp3) is 0.793. The summed E-state index contributed by atoms with van der Waals surface area (Å²) in [6, 6.07) is -1.03. The molecule has 0 saturated carbocycles. The minimum Gasteiger partial charge on any atom is -0.454 e. The van der Waals surface area contributed by atoms with Gasteiger partial charge in [0.15, 0.2) is 12.4 Å². The number of aliphatic hydroxyl groups excluding tert-OH is 5. The molecule has 1 heterocycles. The number of allylic oxidation sites excluding steroid dienone is 9. The van der Waals surface area contributed by atoms with Gasteiger partial charge in [-0.2, -0.15) is 0 Å². The van der Waals surface area contributed by atoms with Crippen LogP contribution < -0.4 is 5.32 Å². The van der Waals surface area contributed by atoms with Crippen LogP contribution in [0.3, 0.4) is 0 Å². The van der Waals surface area contributed by atoms with Gasteiger partial charge in [0.1, 0.15) is 24.4 Å². The molecule has 0 aromatic carbocycles. The Morgan fingerprint density at radius 2 is 1.06 bits per heavy atom. The molecule has 1 saturated heterocycles. The molecule has 400 valence electrons. The van der Waals surface area contributed by atoms with E-state index < -0.39 is 67.4 Å². The average Bonchev–Trinajstić information content (AvgIpc) is 3.34. The van der Waals surface area contributed by atoms with Crippen molar-refractivity contribution in [2.45, 2.75) is 282 Å². The number of carbonyl (C=O) groups excluding carboxylic acids is 2. The third kappa shape index (κ3) is 35.2. The Balaban J connectivity index is 2.76. The lowest BCUT2D eigenvalue weighted by molar-refractivity contribution is -0.305. The summed E-state index contributed by atoms with van der Waals surface area (Å²) in [5, 5.41) is 56.7. The zero-order chi connectivity index (χ0) is 50.4. The number of amides is 1. The molecule has 8 unspecified atom stereocenters. The van der Waals surface area contributed by atoms with Crippen molar-refractivity contribution < 1.29 is 49.3 Å². The average molecular weight is 974 g/mol. The largest absolute Gasteiger partial charge is 0.454 e. The second-order valence-electron chi connectivity index (χ2n) is 19.3. The number of ether oxygens (including phenoxy) is 3. The molecule has 69 heavy (non-hydrogen) atoms. The number of carbonyl (C=O) groups is 2. The van der Waals surface area contributed by atoms with Crippen LogP contribution in [-0.4, -0.2) is 99.6 Å². The van der Waals surface area contributed by atoms with Crippen LogP contribution >= 0.6 is 0 Å². The first-order valence-electron chi connectivity index (χ1n) is 28.1. The molecule has 8 atom stereocenters. The molecule has 0 bridgehead atoms. The van der Waals surface area contributed by atoms with Crippen molar-refractivity contribution in [3.63, 3.8) is 0 Å². The van der Waals surface area contributed by atoms with Crippen molar-refractivity contribution in [2.75, 3.05) is 13.2 Å². The van der Waals surface area contributed by atoms with E-state index >= 15 is 0 Å². The molecule has 6 N–H and O–H groups in total. The van der Waals surface area contributed by atoms with E-state index in [9.17, 15) is 35.1 Å². The molecule has 0 aromatic heterocycles. The summed E-state index contributed by atoms with van der Waals surface area (Å²) in [6.45, 7) is 5.61. The first kappa shape index (κ1) is 64.4. The lowest BCUT2D eigenvalue weighted by Crippen LogP contribution is -2.61. The second-order valence-corrected chi connectivity index (χ2v) is 19.3. The van der Waals surface area contributed by atoms with Crippen LogP contribution in [0.15, 0.2) is 60.8 Å². The van der Waals surface area contributed by atoms with Crippen molar-refractivity contribution in [1.29, 1.82) is 0 Å². The van der Waals surface area contributed by atoms with Gasteiger partial charge in [0, 0.05) is 6.42 Å². The van der Waals surface area contributed by atoms with Crippen molar-refractivity contribution in [1.82, 2.24) is 5.32 Å². The minimum absolute atomic E-state index is 0.115. The Labute approximate surface area is 420 Å². The highest BCUT2D eigenvalue weighted by atomic mass is 16.7. The summed E-state index contributed by atoms with van der Waals surface area (Å²) < 4.78 is 17.5. The van der Waals surface area contributed by atoms with E-state index in [0.29, 0.717) is 12.8 Å². The molecule has 1 aliphatic rings. The highest BCUT2D eigenvalue weighted by Gasteiger charge is 2.47. The monoisotopic (exact) mass is 974 g/mol. The zero-order valence-corrected chi connectivity index (χ0v) is 43.9. The number of hydrogen-bond donors (Lipinski definition) is 6. The first-order chi connectivity index (χ1) is 33.7. The van der Waals surface area contributed by atoms with Crippen molar-refractivity contribution >= 4 is 11.9 Å². The highest BCUT2D eigenvalue weighted by Crippen LogP contribution is 2.26. The zero-order valence-electron chi connectivity index (χ0n) is 43.9. The van der Waals surface area contributed by atoms with E-state index in [2.05, 4.69) is 50.4 Å². The summed E-state index contributed by atoms with van der Waals surface area (Å²) in [7, 11) is 0. The van der Waals surface area contributed by atoms with E-state index in [-0.39, 0.29) is 19.4 Å². The Kier molecular flexibility index (Phi) is 43.3. The molecule has 1 fully saturated rings. The maximum atomic E-state index is 13.3. The van der Waals surface area contributed by atoms with Gasteiger partial charge < -0.3 is 45.1 Å². The topological polar surface area (TPSA) is 175 Å². The van der Waals surface area contributed by atoms with Crippen LogP contribution in [0.5, 0.6) is 0 Å². The Morgan fingerprint density at radius 3 is 1.61 bits per heavy atom. The van der Waals surface area contributed by atoms with Crippen LogP contribution in [-0.2, 0) is 23.8 Å². The quantitative estimate of drug-likeness (QED) is 0.0149. The summed E-state index contributed by atoms with van der Waals surface area (Å²) in [6.07, 6.45) is 45.5. The van der Waals surface area contributed by atoms with E-state index in [0.717, 1.165) is 83.5 Å². The molecule has 11 heteroatoms. The second kappa shape index (κ2) is 46.4. The van der Waals surface area contributed by atoms with Crippen LogP contribution in [0.25, 0.3) is 0 Å². The lowest BCUT2D eigenvalue weighted by Gasteiger charge is -2.41. The third-order valence-electron chi connectivity index (χ3n) is 13.0. The molecular formula is C58H103NO10. The van der Waals surface area contributed by atoms with E-state index in [4.69, 9.17) is 14.2 Å². The van der Waals surface area contributed by atoms with Gasteiger partial charge in [-0.05, 0) is 70.6 Å². The van der Waals surface area contributed by atoms with Crippen LogP contribution in [0.2, 0.25) is 0 Å². The van der Waals surface area contributed by atoms with Crippen LogP contribution in [0, 0.1) is 0 Å². The molecule has 11 nitrogen and oxygen atoms in total. The number of unbranched alkanes of at least 4 members (excludes halogenated alkanes) is 26. The van der Waals surface area contributed by atoms with Gasteiger partial charge in [-0.15, -0.1) is 0 Å². The van der Waals surface area contributed by atoms with Gasteiger partial charge in [0.2, 0.25) is 5.91 Å². The standard InChI is InChI=1S/C58H103NO10/c1-4-7-10-13-16-19-22-25-26-28-31-34-37-40-43-46-53(63)69-56-55(65)54(64)52(47-60)68-58(56)67-48-49(50(61)44-41-38-35-32-30-27-23-20-17-14-11-8-5-2)59-57(66)51(62)45-42-39-36-33-29-24-21-18-15-12-9-6-3/h9,12,15,18-19,21-22,24,41,44,49-52,54-56,58,60-62,64-65H,4-8,10-11,13-14,16-17,20,23,25-40,42-43,45-48H2,1-3H3,(H,59,66)/b12-9+,18-15+,22-19-,24-21-,44-41+. The molecule has 0 spiro atoms. The predicted octanol–water partition coefficient (Wildman–Crippen LogP) is 12.3. The van der Waals surface area contributed by atoms with Crippen LogP contribution in [0.4, 0.5) is 0 Å². The fourth-order valence-corrected chi connectivity index (χ4v) is 8.47. The Bertz CT molecular complexity index is 1350. The molecule has 1 aliphatic heterocycles. The predicted molar refractivity (Wildman–Crippen MR) is 283 cm³/mol. The summed E-state index contributed by atoms with van der Waals surface area (Å²) in [5.74, 6) is -1.22. The third-order valence-corrected chi connectivity index (χ3v) is 13.0. The number of hydrogen-bond acceptors (Lipinski definition) is 10. The van der Waals surface area contributed by atoms with E-state index in [1.807, 2.05) is 30.4 Å². The van der Waals surface area contributed by atoms with Crippen molar-refractivity contribution in [3.05, 3.63) is 60.8 Å². The maximum absolute atomic E-state index is 13.3. The highest BCUT2D eigenvalue weighted by molar-refractivity contribution is 5.80. The normalized spacial score (nSPS) is 20.3. The minimum atomic E-state index is -1.62. The first-order valence-corrected chi connectivity index (χ1v) is 28.1. The number of esters is 1. The van der Waals surface area contributed by atoms with Gasteiger partial charge in [-0.1, -0.05) is 216 Å². The van der Waals surface area contributed by atoms with Crippen molar-refractivity contribution in [3.8, 4) is 0 Å². The number of rotatable bonds is 46. The Morgan fingerprint density at radius 1 is 0.580 bits per heavy atom. The summed E-state index contributed by atoms with van der Waals surface area (Å²) in [5.41, 5.74) is 0. The van der Waals surface area contributed by atoms with Gasteiger partial charge >= 0.3 is 5.97 Å². The van der Waals surface area contributed by atoms with E-state index in [1.165, 1.54) is 103 Å². The molecule has 0 aromatic rings. The molecule has 0 radical (unpaired) electrons. The molecule has 0 aliphatic carbocycles. The Hall–Kier alpha value is -2.64. The summed E-state index contributed by atoms with van der Waals surface area (Å²) >= 11 is 0. The van der Waals surface area contributed by atoms with Crippen molar-refractivity contribution in [2.24, 2.45) is 0 Å². The van der Waals surface area contributed by atoms with Gasteiger partial charge in [0.25, 0.3) is 0 Å². The molecule has 1 amide bonds. The maximum Gasteiger partial charge on any atom is 0.306 e. The molecular weight excluding hydrogens is 871 g/mol. The smallest absolute Gasteiger partial charge is 0.306 e. The van der Waals surface area contributed by atoms with Gasteiger partial charge in [-0.3, -0.25) is 9.59 Å². The fourth-order valence-electron chi connectivity index (χ4n) is 8.47.